The summed E-state index contributed by atoms with van der Waals surface area (Å²) < 4.78 is 30.4. The molecule has 0 atom stereocenters. The molecule has 184 valence electrons. The van der Waals surface area contributed by atoms with Crippen molar-refractivity contribution in [2.75, 3.05) is 57.9 Å². The van der Waals surface area contributed by atoms with Gasteiger partial charge in [-0.15, -0.1) is 0 Å². The summed E-state index contributed by atoms with van der Waals surface area (Å²) in [7, 11) is 0. The van der Waals surface area contributed by atoms with Crippen LogP contribution in [0.2, 0.25) is 0 Å². The number of anilines is 1. The number of nitrogens with one attached hydrogen (secondary N) is 2. The number of rotatable bonds is 8. The molecule has 0 amide bonds. The summed E-state index contributed by atoms with van der Waals surface area (Å²) >= 11 is 0. The highest BCUT2D eigenvalue weighted by molar-refractivity contribution is 5.77. The van der Waals surface area contributed by atoms with E-state index in [4.69, 9.17) is 24.2 Å². The maximum absolute atomic E-state index is 13.6. The van der Waals surface area contributed by atoms with Crippen LogP contribution >= 0.6 is 0 Å². The molecule has 2 aromatic heterocycles. The molecule has 35 heavy (non-hydrogen) atoms. The van der Waals surface area contributed by atoms with Gasteiger partial charge in [0.05, 0.1) is 43.5 Å². The second-order valence-electron chi connectivity index (χ2n) is 8.56. The van der Waals surface area contributed by atoms with Crippen molar-refractivity contribution in [2.24, 2.45) is 0 Å². The van der Waals surface area contributed by atoms with Crippen LogP contribution in [0, 0.1) is 5.82 Å². The lowest BCUT2D eigenvalue weighted by atomic mass is 10.1. The maximum Gasteiger partial charge on any atom is 0.223 e. The van der Waals surface area contributed by atoms with Crippen LogP contribution in [0.4, 0.5) is 10.3 Å². The van der Waals surface area contributed by atoms with Crippen LogP contribution in [0.15, 0.2) is 48.7 Å². The van der Waals surface area contributed by atoms with Crippen LogP contribution in [0.5, 0.6) is 0 Å². The second kappa shape index (κ2) is 11.0. The van der Waals surface area contributed by atoms with Crippen molar-refractivity contribution in [1.29, 1.82) is 0 Å². The maximum atomic E-state index is 13.6. The average molecular weight is 481 g/mol. The van der Waals surface area contributed by atoms with Gasteiger partial charge >= 0.3 is 0 Å². The number of nitrogens with zero attached hydrogens (tertiary/aromatic N) is 4. The third-order valence-corrected chi connectivity index (χ3v) is 5.89. The van der Waals surface area contributed by atoms with E-state index in [0.29, 0.717) is 42.1 Å². The summed E-state index contributed by atoms with van der Waals surface area (Å²) in [5.41, 5.74) is 3.60. The molecular formula is C25H29FN6O3. The van der Waals surface area contributed by atoms with Gasteiger partial charge < -0.3 is 24.5 Å². The van der Waals surface area contributed by atoms with E-state index < -0.39 is 6.29 Å². The normalized spacial score (nSPS) is 17.6. The van der Waals surface area contributed by atoms with Crippen molar-refractivity contribution in [3.05, 3.63) is 60.3 Å². The molecule has 0 unspecified atom stereocenters. The lowest BCUT2D eigenvalue weighted by Gasteiger charge is -2.26. The van der Waals surface area contributed by atoms with Crippen molar-refractivity contribution in [1.82, 2.24) is 24.8 Å². The summed E-state index contributed by atoms with van der Waals surface area (Å²) in [4.78, 5) is 19.5. The number of halogens is 1. The molecule has 0 saturated carbocycles. The van der Waals surface area contributed by atoms with Crippen LogP contribution in [0.25, 0.3) is 22.6 Å². The molecule has 9 nitrogen and oxygen atoms in total. The van der Waals surface area contributed by atoms with Gasteiger partial charge in [0.15, 0.2) is 5.82 Å². The Labute approximate surface area is 203 Å². The Morgan fingerprint density at radius 2 is 1.86 bits per heavy atom. The third-order valence-electron chi connectivity index (χ3n) is 5.89. The highest BCUT2D eigenvalue weighted by atomic mass is 19.1. The summed E-state index contributed by atoms with van der Waals surface area (Å²) in [5.74, 6) is 0.742. The molecule has 2 fully saturated rings. The zero-order valence-corrected chi connectivity index (χ0v) is 19.5. The van der Waals surface area contributed by atoms with E-state index in [9.17, 15) is 4.39 Å². The number of hydrogen-bond acceptors (Lipinski definition) is 8. The first-order valence-corrected chi connectivity index (χ1v) is 11.8. The Morgan fingerprint density at radius 3 is 2.63 bits per heavy atom. The average Bonchev–Trinajstić information content (AvgIpc) is 3.34. The van der Waals surface area contributed by atoms with Crippen LogP contribution in [0.3, 0.4) is 0 Å². The molecule has 0 radical (unpaired) electrons. The molecule has 0 bridgehead atoms. The number of morpholine rings is 1. The van der Waals surface area contributed by atoms with Gasteiger partial charge in [0, 0.05) is 31.4 Å². The fraction of sp³-hybridized carbons (Fsp3) is 0.400. The molecule has 0 aliphatic carbocycles. The van der Waals surface area contributed by atoms with E-state index >= 15 is 0 Å². The minimum atomic E-state index is -0.645. The SMILES string of the molecule is C=C1COC(c2nc(-c3ccc(F)cc3)c(-c3ccnc(NCCCN4CCOCC4)n3)[nH]2)OC1. The van der Waals surface area contributed by atoms with Crippen molar-refractivity contribution >= 4 is 5.95 Å². The molecule has 2 N–H and O–H groups in total. The highest BCUT2D eigenvalue weighted by Crippen LogP contribution is 2.33. The smallest absolute Gasteiger partial charge is 0.223 e. The van der Waals surface area contributed by atoms with E-state index in [1.807, 2.05) is 6.07 Å². The van der Waals surface area contributed by atoms with Crippen molar-refractivity contribution in [2.45, 2.75) is 12.7 Å². The third kappa shape index (κ3) is 5.91. The molecule has 2 aliphatic heterocycles. The van der Waals surface area contributed by atoms with Crippen LogP contribution in [-0.4, -0.2) is 77.4 Å². The second-order valence-corrected chi connectivity index (χ2v) is 8.56. The topological polar surface area (TPSA) is 97.4 Å². The quantitative estimate of drug-likeness (QED) is 0.374. The van der Waals surface area contributed by atoms with Gasteiger partial charge in [-0.2, -0.15) is 0 Å². The number of H-pyrrole nitrogens is 1. The van der Waals surface area contributed by atoms with Gasteiger partial charge in [-0.25, -0.2) is 19.3 Å². The number of imidazole rings is 1. The minimum absolute atomic E-state index is 0.311. The number of ether oxygens (including phenoxy) is 3. The Bertz CT molecular complexity index is 1140. The Hall–Kier alpha value is -3.18. The van der Waals surface area contributed by atoms with E-state index in [0.717, 1.165) is 57.0 Å². The molecule has 4 heterocycles. The molecule has 1 aromatic carbocycles. The Kier molecular flexibility index (Phi) is 7.43. The van der Waals surface area contributed by atoms with Crippen LogP contribution in [0.1, 0.15) is 18.5 Å². The lowest BCUT2D eigenvalue weighted by Crippen LogP contribution is -2.37. The molecule has 10 heteroatoms. The molecule has 2 aliphatic rings. The molecular weight excluding hydrogens is 451 g/mol. The molecule has 0 spiro atoms. The predicted molar refractivity (Wildman–Crippen MR) is 129 cm³/mol. The monoisotopic (exact) mass is 480 g/mol. The largest absolute Gasteiger partial charge is 0.379 e. The zero-order chi connectivity index (χ0) is 24.0. The first-order valence-electron chi connectivity index (χ1n) is 11.8. The lowest BCUT2D eigenvalue weighted by molar-refractivity contribution is -0.165. The molecule has 2 saturated heterocycles. The van der Waals surface area contributed by atoms with Crippen molar-refractivity contribution in [3.8, 4) is 22.6 Å². The van der Waals surface area contributed by atoms with Crippen LogP contribution < -0.4 is 5.32 Å². The van der Waals surface area contributed by atoms with Gasteiger partial charge in [-0.1, -0.05) is 6.58 Å². The van der Waals surface area contributed by atoms with Gasteiger partial charge in [0.25, 0.3) is 0 Å². The first kappa shape index (κ1) is 23.6. The zero-order valence-electron chi connectivity index (χ0n) is 19.5. The summed E-state index contributed by atoms with van der Waals surface area (Å²) in [6.45, 7) is 10.00. The standard InChI is InChI=1S/C25H29FN6O3/c1-17-15-34-24(35-16-17)23-30-21(18-3-5-19(26)6-4-18)22(31-23)20-7-9-28-25(29-20)27-8-2-10-32-11-13-33-14-12-32/h3-7,9,24H,1-2,8,10-16H2,(H,30,31)(H,27,28,29). The number of benzene rings is 1. The fourth-order valence-corrected chi connectivity index (χ4v) is 4.05. The van der Waals surface area contributed by atoms with Gasteiger partial charge in [-0.3, -0.25) is 4.90 Å². The fourth-order valence-electron chi connectivity index (χ4n) is 4.05. The number of hydrogen-bond donors (Lipinski definition) is 2. The number of aromatic nitrogens is 4. The molecule has 3 aromatic rings. The van der Waals surface area contributed by atoms with Crippen LogP contribution in [-0.2, 0) is 14.2 Å². The van der Waals surface area contributed by atoms with E-state index in [2.05, 4.69) is 26.8 Å². The number of aromatic amines is 1. The van der Waals surface area contributed by atoms with Crippen molar-refractivity contribution in [3.63, 3.8) is 0 Å². The predicted octanol–water partition coefficient (Wildman–Crippen LogP) is 3.41. The van der Waals surface area contributed by atoms with E-state index in [-0.39, 0.29) is 5.82 Å². The van der Waals surface area contributed by atoms with Gasteiger partial charge in [0.1, 0.15) is 5.82 Å². The summed E-state index contributed by atoms with van der Waals surface area (Å²) in [6.07, 6.45) is 2.04. The first-order chi connectivity index (χ1) is 17.2. The Morgan fingerprint density at radius 1 is 1.09 bits per heavy atom. The van der Waals surface area contributed by atoms with Crippen molar-refractivity contribution < 1.29 is 18.6 Å². The molecule has 5 rings (SSSR count). The minimum Gasteiger partial charge on any atom is -0.379 e. The van der Waals surface area contributed by atoms with Gasteiger partial charge in [0.2, 0.25) is 12.2 Å². The highest BCUT2D eigenvalue weighted by Gasteiger charge is 2.25. The van der Waals surface area contributed by atoms with E-state index in [1.54, 1.807) is 18.3 Å². The van der Waals surface area contributed by atoms with E-state index in [1.165, 1.54) is 12.1 Å². The summed E-state index contributed by atoms with van der Waals surface area (Å²) in [5, 5.41) is 3.31. The Balaban J connectivity index is 1.34. The van der Waals surface area contributed by atoms with Gasteiger partial charge in [-0.05, 0) is 48.9 Å². The summed E-state index contributed by atoms with van der Waals surface area (Å²) in [6, 6.07) is 8.01.